The van der Waals surface area contributed by atoms with Gasteiger partial charge in [0.25, 0.3) is 0 Å². The molecule has 4 nitrogen and oxygen atoms in total. The lowest BCUT2D eigenvalue weighted by Gasteiger charge is -2.25. The van der Waals surface area contributed by atoms with Gasteiger partial charge in [0, 0.05) is 24.5 Å². The fourth-order valence-electron chi connectivity index (χ4n) is 4.43. The highest BCUT2D eigenvalue weighted by Gasteiger charge is 2.18. The molecule has 1 N–H and O–H groups in total. The lowest BCUT2D eigenvalue weighted by molar-refractivity contribution is -0.117. The number of carbonyl (C=O) groups is 1. The van der Waals surface area contributed by atoms with Crippen molar-refractivity contribution in [2.75, 3.05) is 7.11 Å². The van der Waals surface area contributed by atoms with Gasteiger partial charge in [-0.15, -0.1) is 0 Å². The van der Waals surface area contributed by atoms with Crippen LogP contribution in [0, 0.1) is 5.92 Å². The zero-order chi connectivity index (χ0) is 22.6. The summed E-state index contributed by atoms with van der Waals surface area (Å²) >= 11 is 0. The average Bonchev–Trinajstić information content (AvgIpc) is 2.83. The fraction of sp³-hybridized carbons (Fsp3) is 0.429. The van der Waals surface area contributed by atoms with Gasteiger partial charge in [-0.3, -0.25) is 9.78 Å². The van der Waals surface area contributed by atoms with Gasteiger partial charge in [0.2, 0.25) is 5.91 Å². The Morgan fingerprint density at radius 3 is 2.66 bits per heavy atom. The number of allylic oxidation sites excluding steroid dienone is 3. The Labute approximate surface area is 192 Å². The smallest absolute Gasteiger partial charge is 0.244 e. The summed E-state index contributed by atoms with van der Waals surface area (Å²) in [5, 5.41) is 3.09. The maximum atomic E-state index is 12.4. The molecule has 1 fully saturated rings. The first-order valence-electron chi connectivity index (χ1n) is 11.9. The number of methoxy groups -OCH3 is 1. The van der Waals surface area contributed by atoms with Gasteiger partial charge >= 0.3 is 0 Å². The van der Waals surface area contributed by atoms with Crippen LogP contribution in [0.2, 0.25) is 0 Å². The Kier molecular flexibility index (Phi) is 9.55. The Morgan fingerprint density at radius 2 is 1.97 bits per heavy atom. The van der Waals surface area contributed by atoms with Crippen LogP contribution in [0.25, 0.3) is 5.57 Å². The molecule has 0 spiro atoms. The van der Waals surface area contributed by atoms with E-state index in [0.29, 0.717) is 5.92 Å². The third kappa shape index (κ3) is 7.67. The molecule has 2 aromatic rings. The van der Waals surface area contributed by atoms with Crippen molar-refractivity contribution >= 4 is 11.5 Å². The highest BCUT2D eigenvalue weighted by atomic mass is 16.5. The van der Waals surface area contributed by atoms with Crippen molar-refractivity contribution in [1.29, 1.82) is 0 Å². The van der Waals surface area contributed by atoms with E-state index in [9.17, 15) is 4.79 Å². The van der Waals surface area contributed by atoms with Gasteiger partial charge in [-0.05, 0) is 79.8 Å². The number of aromatic nitrogens is 1. The summed E-state index contributed by atoms with van der Waals surface area (Å²) in [5.41, 5.74) is 3.78. The monoisotopic (exact) mass is 432 g/mol. The molecule has 1 amide bonds. The van der Waals surface area contributed by atoms with Gasteiger partial charge in [0.05, 0.1) is 7.11 Å². The van der Waals surface area contributed by atoms with Gasteiger partial charge in [-0.25, -0.2) is 0 Å². The SMILES string of the molecule is COc1ccc(/C(=C/C=C/C(=O)N[C@H](C)CCCc2cccnc2)C2CCCCC2)cc1. The molecule has 0 bridgehead atoms. The molecule has 3 rings (SSSR count). The van der Waals surface area contributed by atoms with E-state index in [2.05, 4.69) is 41.5 Å². The summed E-state index contributed by atoms with van der Waals surface area (Å²) in [6.07, 6.45) is 18.7. The van der Waals surface area contributed by atoms with E-state index < -0.39 is 0 Å². The van der Waals surface area contributed by atoms with E-state index in [1.165, 1.54) is 48.8 Å². The Morgan fingerprint density at radius 1 is 1.19 bits per heavy atom. The second-order valence-corrected chi connectivity index (χ2v) is 8.71. The van der Waals surface area contributed by atoms with Crippen molar-refractivity contribution in [3.8, 4) is 5.75 Å². The molecule has 0 unspecified atom stereocenters. The Hall–Kier alpha value is -2.88. The van der Waals surface area contributed by atoms with Crippen molar-refractivity contribution in [1.82, 2.24) is 10.3 Å². The minimum Gasteiger partial charge on any atom is -0.497 e. The number of nitrogens with zero attached hydrogens (tertiary/aromatic N) is 1. The van der Waals surface area contributed by atoms with Gasteiger partial charge in [0.15, 0.2) is 0 Å². The number of pyridine rings is 1. The molecule has 1 heterocycles. The van der Waals surface area contributed by atoms with Gasteiger partial charge < -0.3 is 10.1 Å². The maximum Gasteiger partial charge on any atom is 0.244 e. The number of nitrogens with one attached hydrogen (secondary N) is 1. The van der Waals surface area contributed by atoms with E-state index in [1.54, 1.807) is 19.4 Å². The molecule has 1 aliphatic carbocycles. The summed E-state index contributed by atoms with van der Waals surface area (Å²) in [7, 11) is 1.69. The lowest BCUT2D eigenvalue weighted by atomic mass is 9.81. The Bertz CT molecular complexity index is 881. The van der Waals surface area contributed by atoms with Crippen molar-refractivity contribution in [2.24, 2.45) is 5.92 Å². The Balaban J connectivity index is 1.55. The molecule has 1 atom stereocenters. The molecule has 0 aliphatic heterocycles. The molecule has 1 saturated carbocycles. The van der Waals surface area contributed by atoms with Crippen LogP contribution in [0.5, 0.6) is 5.75 Å². The second-order valence-electron chi connectivity index (χ2n) is 8.71. The summed E-state index contributed by atoms with van der Waals surface area (Å²) in [4.78, 5) is 16.6. The molecule has 32 heavy (non-hydrogen) atoms. The van der Waals surface area contributed by atoms with Crippen molar-refractivity contribution in [3.05, 3.63) is 78.1 Å². The van der Waals surface area contributed by atoms with E-state index in [0.717, 1.165) is 25.0 Å². The molecule has 1 aromatic heterocycles. The van der Waals surface area contributed by atoms with Gasteiger partial charge in [-0.2, -0.15) is 0 Å². The number of carbonyl (C=O) groups excluding carboxylic acids is 1. The average molecular weight is 433 g/mol. The molecule has 1 aromatic carbocycles. The summed E-state index contributed by atoms with van der Waals surface area (Å²) in [6, 6.07) is 12.5. The van der Waals surface area contributed by atoms with E-state index in [4.69, 9.17) is 4.74 Å². The van der Waals surface area contributed by atoms with Crippen LogP contribution in [-0.4, -0.2) is 24.0 Å². The van der Waals surface area contributed by atoms with Gasteiger partial charge in [-0.1, -0.05) is 49.6 Å². The maximum absolute atomic E-state index is 12.4. The van der Waals surface area contributed by atoms with Crippen LogP contribution >= 0.6 is 0 Å². The van der Waals surface area contributed by atoms with E-state index >= 15 is 0 Å². The van der Waals surface area contributed by atoms with E-state index in [-0.39, 0.29) is 11.9 Å². The van der Waals surface area contributed by atoms with Crippen molar-refractivity contribution < 1.29 is 9.53 Å². The molecular weight excluding hydrogens is 396 g/mol. The third-order valence-corrected chi connectivity index (χ3v) is 6.21. The van der Waals surface area contributed by atoms with Crippen LogP contribution in [0.3, 0.4) is 0 Å². The van der Waals surface area contributed by atoms with Crippen molar-refractivity contribution in [3.63, 3.8) is 0 Å². The highest BCUT2D eigenvalue weighted by molar-refractivity contribution is 5.88. The number of hydrogen-bond donors (Lipinski definition) is 1. The number of amides is 1. The fourth-order valence-corrected chi connectivity index (χ4v) is 4.43. The topological polar surface area (TPSA) is 51.2 Å². The molecule has 4 heteroatoms. The largest absolute Gasteiger partial charge is 0.497 e. The van der Waals surface area contributed by atoms with Crippen LogP contribution in [0.1, 0.15) is 63.0 Å². The van der Waals surface area contributed by atoms with Crippen LogP contribution in [-0.2, 0) is 11.2 Å². The first-order valence-corrected chi connectivity index (χ1v) is 11.9. The first-order chi connectivity index (χ1) is 15.7. The number of hydrogen-bond acceptors (Lipinski definition) is 3. The third-order valence-electron chi connectivity index (χ3n) is 6.21. The summed E-state index contributed by atoms with van der Waals surface area (Å²) in [6.45, 7) is 2.07. The molecule has 0 radical (unpaired) electrons. The summed E-state index contributed by atoms with van der Waals surface area (Å²) < 4.78 is 5.31. The zero-order valence-corrected chi connectivity index (χ0v) is 19.4. The molecule has 1 aliphatic rings. The zero-order valence-electron chi connectivity index (χ0n) is 19.4. The second kappa shape index (κ2) is 12.8. The standard InChI is InChI=1S/C28H36N2O2/c1-22(9-6-10-23-11-8-20-29-21-23)30-28(31)15-7-14-27(24-12-4-3-5-13-24)25-16-18-26(32-2)19-17-25/h7-8,11,14-22,24H,3-6,9-10,12-13H2,1-2H3,(H,30,31)/b15-7+,27-14+/t22-/m1/s1. The quantitative estimate of drug-likeness (QED) is 0.362. The lowest BCUT2D eigenvalue weighted by Crippen LogP contribution is -2.31. The van der Waals surface area contributed by atoms with Crippen LogP contribution < -0.4 is 10.1 Å². The predicted molar refractivity (Wildman–Crippen MR) is 131 cm³/mol. The number of ether oxygens (including phenoxy) is 1. The normalized spacial score (nSPS) is 16.1. The highest BCUT2D eigenvalue weighted by Crippen LogP contribution is 2.35. The summed E-state index contributed by atoms with van der Waals surface area (Å²) in [5.74, 6) is 1.38. The molecule has 0 saturated heterocycles. The predicted octanol–water partition coefficient (Wildman–Crippen LogP) is 6.14. The van der Waals surface area contributed by atoms with Crippen LogP contribution in [0.15, 0.2) is 67.0 Å². The number of rotatable bonds is 10. The molecule has 170 valence electrons. The number of benzene rings is 1. The minimum absolute atomic E-state index is 0.0344. The van der Waals surface area contributed by atoms with Gasteiger partial charge in [0.1, 0.15) is 5.75 Å². The first kappa shape index (κ1) is 23.8. The van der Waals surface area contributed by atoms with Crippen molar-refractivity contribution in [2.45, 2.75) is 64.3 Å². The number of aryl methyl sites for hydroxylation is 1. The van der Waals surface area contributed by atoms with Crippen LogP contribution in [0.4, 0.5) is 0 Å². The molecular formula is C28H36N2O2. The minimum atomic E-state index is -0.0344. The van der Waals surface area contributed by atoms with E-state index in [1.807, 2.05) is 30.5 Å².